The van der Waals surface area contributed by atoms with Gasteiger partial charge in [0.2, 0.25) is 0 Å². The van der Waals surface area contributed by atoms with Crippen molar-refractivity contribution in [3.8, 4) is 5.75 Å². The van der Waals surface area contributed by atoms with E-state index in [4.69, 9.17) is 9.84 Å². The van der Waals surface area contributed by atoms with E-state index in [2.05, 4.69) is 18.2 Å². The molecule has 1 aliphatic rings. The van der Waals surface area contributed by atoms with Crippen LogP contribution in [-0.4, -0.2) is 17.7 Å². The molecule has 1 aliphatic heterocycles. The minimum atomic E-state index is -0.952. The lowest BCUT2D eigenvalue weighted by Gasteiger charge is -2.25. The predicted molar refractivity (Wildman–Crippen MR) is 107 cm³/mol. The molecular weight excluding hydrogens is 336 g/mol. The van der Waals surface area contributed by atoms with E-state index in [-0.39, 0.29) is 0 Å². The Hall–Kier alpha value is -3.59. The number of rotatable bonds is 4. The van der Waals surface area contributed by atoms with Gasteiger partial charge in [0.25, 0.3) is 0 Å². The summed E-state index contributed by atoms with van der Waals surface area (Å²) >= 11 is 0. The monoisotopic (exact) mass is 354 g/mol. The molecule has 3 heteroatoms. The molecular formula is C24H18O3. The topological polar surface area (TPSA) is 46.5 Å². The van der Waals surface area contributed by atoms with Gasteiger partial charge in [-0.15, -0.1) is 0 Å². The molecule has 0 saturated carbocycles. The number of fused-ring (bicyclic) bond motifs is 1. The van der Waals surface area contributed by atoms with Gasteiger partial charge >= 0.3 is 5.97 Å². The van der Waals surface area contributed by atoms with Crippen LogP contribution in [0.4, 0.5) is 0 Å². The van der Waals surface area contributed by atoms with Crippen molar-refractivity contribution >= 4 is 23.2 Å². The highest BCUT2D eigenvalue weighted by atomic mass is 16.5. The van der Waals surface area contributed by atoms with Gasteiger partial charge in [0.05, 0.1) is 0 Å². The fourth-order valence-corrected chi connectivity index (χ4v) is 3.31. The zero-order valence-electron chi connectivity index (χ0n) is 14.6. The maximum Gasteiger partial charge on any atom is 0.328 e. The molecule has 0 saturated heterocycles. The van der Waals surface area contributed by atoms with Gasteiger partial charge in [0, 0.05) is 17.2 Å². The molecule has 3 aromatic rings. The molecule has 0 amide bonds. The van der Waals surface area contributed by atoms with E-state index in [1.165, 1.54) is 0 Å². The number of carboxylic acid groups (broad SMARTS) is 1. The Morgan fingerprint density at radius 2 is 1.56 bits per heavy atom. The van der Waals surface area contributed by atoms with Crippen LogP contribution in [0.5, 0.6) is 5.75 Å². The van der Waals surface area contributed by atoms with Crippen LogP contribution in [0.3, 0.4) is 0 Å². The Labute approximate surface area is 157 Å². The van der Waals surface area contributed by atoms with Crippen molar-refractivity contribution in [1.82, 2.24) is 0 Å². The first-order chi connectivity index (χ1) is 13.2. The van der Waals surface area contributed by atoms with Gasteiger partial charge in [-0.1, -0.05) is 72.8 Å². The third kappa shape index (κ3) is 3.53. The second-order valence-electron chi connectivity index (χ2n) is 6.30. The fraction of sp³-hybridized carbons (Fsp3) is 0.0417. The molecule has 0 fully saturated rings. The fourth-order valence-electron chi connectivity index (χ4n) is 3.31. The van der Waals surface area contributed by atoms with E-state index in [1.54, 1.807) is 6.08 Å². The number of aliphatic carboxylic acids is 1. The Morgan fingerprint density at radius 1 is 0.852 bits per heavy atom. The molecule has 3 nitrogen and oxygen atoms in total. The number of carbonyl (C=O) groups is 1. The molecule has 132 valence electrons. The zero-order chi connectivity index (χ0) is 18.6. The van der Waals surface area contributed by atoms with Crippen LogP contribution in [0.1, 0.15) is 22.3 Å². The lowest BCUT2D eigenvalue weighted by Crippen LogP contribution is -2.11. The first-order valence-corrected chi connectivity index (χ1v) is 8.74. The first kappa shape index (κ1) is 16.9. The van der Waals surface area contributed by atoms with E-state index >= 15 is 0 Å². The molecule has 1 heterocycles. The Kier molecular flexibility index (Phi) is 4.58. The molecule has 3 aromatic carbocycles. The summed E-state index contributed by atoms with van der Waals surface area (Å²) in [4.78, 5) is 10.7. The lowest BCUT2D eigenvalue weighted by molar-refractivity contribution is -0.131. The highest BCUT2D eigenvalue weighted by molar-refractivity contribution is 6.01. The van der Waals surface area contributed by atoms with Crippen LogP contribution in [0.25, 0.3) is 17.2 Å². The second kappa shape index (κ2) is 7.34. The lowest BCUT2D eigenvalue weighted by atomic mass is 9.87. The number of ether oxygens (including phenoxy) is 1. The number of benzene rings is 3. The highest BCUT2D eigenvalue weighted by Crippen LogP contribution is 2.40. The molecule has 27 heavy (non-hydrogen) atoms. The van der Waals surface area contributed by atoms with Crippen molar-refractivity contribution in [1.29, 1.82) is 0 Å². The molecule has 1 N–H and O–H groups in total. The number of hydrogen-bond acceptors (Lipinski definition) is 2. The minimum Gasteiger partial charge on any atom is -0.488 e. The first-order valence-electron chi connectivity index (χ1n) is 8.74. The zero-order valence-corrected chi connectivity index (χ0v) is 14.6. The molecule has 4 rings (SSSR count). The number of hydrogen-bond donors (Lipinski definition) is 1. The summed E-state index contributed by atoms with van der Waals surface area (Å²) in [6.45, 7) is 0.511. The predicted octanol–water partition coefficient (Wildman–Crippen LogP) is 5.14. The van der Waals surface area contributed by atoms with Crippen molar-refractivity contribution in [2.45, 2.75) is 0 Å². The third-order valence-electron chi connectivity index (χ3n) is 4.57. The molecule has 0 radical (unpaired) electrons. The molecule has 0 spiro atoms. The average molecular weight is 354 g/mol. The van der Waals surface area contributed by atoms with E-state index in [1.807, 2.05) is 60.7 Å². The summed E-state index contributed by atoms with van der Waals surface area (Å²) in [5.74, 6) is -0.0754. The van der Waals surface area contributed by atoms with Gasteiger partial charge in [-0.05, 0) is 34.4 Å². The minimum absolute atomic E-state index is 0.511. The second-order valence-corrected chi connectivity index (χ2v) is 6.30. The standard InChI is InChI=1S/C24H18O3/c25-23(26)15-12-17-10-13-19(14-11-17)24-20-8-4-5-9-22(20)27-16-21(24)18-6-2-1-3-7-18/h1-15H,16H2,(H,25,26). The molecule has 0 unspecified atom stereocenters. The Bertz CT molecular complexity index is 1030. The van der Waals surface area contributed by atoms with Crippen LogP contribution < -0.4 is 4.74 Å². The van der Waals surface area contributed by atoms with Crippen molar-refractivity contribution in [2.75, 3.05) is 6.61 Å². The van der Waals surface area contributed by atoms with Crippen molar-refractivity contribution in [2.24, 2.45) is 0 Å². The van der Waals surface area contributed by atoms with Gasteiger partial charge in [0.15, 0.2) is 0 Å². The quantitative estimate of drug-likeness (QED) is 0.660. The summed E-state index contributed by atoms with van der Waals surface area (Å²) in [6, 6.07) is 26.2. The molecule has 0 bridgehead atoms. The van der Waals surface area contributed by atoms with Crippen LogP contribution >= 0.6 is 0 Å². The third-order valence-corrected chi connectivity index (χ3v) is 4.57. The van der Waals surface area contributed by atoms with E-state index < -0.39 is 5.97 Å². The summed E-state index contributed by atoms with van der Waals surface area (Å²) in [5.41, 5.74) is 6.42. The van der Waals surface area contributed by atoms with Crippen molar-refractivity contribution in [3.63, 3.8) is 0 Å². The van der Waals surface area contributed by atoms with Gasteiger partial charge in [-0.3, -0.25) is 0 Å². The summed E-state index contributed by atoms with van der Waals surface area (Å²) < 4.78 is 6.00. The average Bonchev–Trinajstić information content (AvgIpc) is 2.72. The summed E-state index contributed by atoms with van der Waals surface area (Å²) in [6.07, 6.45) is 2.74. The van der Waals surface area contributed by atoms with Crippen LogP contribution in [-0.2, 0) is 4.79 Å². The summed E-state index contributed by atoms with van der Waals surface area (Å²) in [5, 5.41) is 8.80. The van der Waals surface area contributed by atoms with Gasteiger partial charge < -0.3 is 9.84 Å². The van der Waals surface area contributed by atoms with E-state index in [9.17, 15) is 4.79 Å². The van der Waals surface area contributed by atoms with E-state index in [0.29, 0.717) is 6.61 Å². The highest BCUT2D eigenvalue weighted by Gasteiger charge is 2.22. The maximum atomic E-state index is 10.7. The largest absolute Gasteiger partial charge is 0.488 e. The maximum absolute atomic E-state index is 10.7. The number of carboxylic acids is 1. The van der Waals surface area contributed by atoms with Gasteiger partial charge in [0.1, 0.15) is 12.4 Å². The van der Waals surface area contributed by atoms with Crippen LogP contribution in [0.2, 0.25) is 0 Å². The number of para-hydroxylation sites is 1. The Balaban J connectivity index is 1.85. The van der Waals surface area contributed by atoms with Crippen LogP contribution in [0.15, 0.2) is 84.9 Å². The van der Waals surface area contributed by atoms with E-state index in [0.717, 1.165) is 45.2 Å². The van der Waals surface area contributed by atoms with Crippen molar-refractivity contribution in [3.05, 3.63) is 107 Å². The van der Waals surface area contributed by atoms with Crippen molar-refractivity contribution < 1.29 is 14.6 Å². The summed E-state index contributed by atoms with van der Waals surface area (Å²) in [7, 11) is 0. The molecule has 0 aliphatic carbocycles. The molecule has 0 aromatic heterocycles. The smallest absolute Gasteiger partial charge is 0.328 e. The van der Waals surface area contributed by atoms with Crippen LogP contribution in [0, 0.1) is 0 Å². The Morgan fingerprint density at radius 3 is 2.30 bits per heavy atom. The normalized spacial score (nSPS) is 13.3. The molecule has 0 atom stereocenters. The van der Waals surface area contributed by atoms with Gasteiger partial charge in [-0.2, -0.15) is 0 Å². The van der Waals surface area contributed by atoms with Gasteiger partial charge in [-0.25, -0.2) is 4.79 Å². The SMILES string of the molecule is O=C(O)C=Cc1ccc(C2=C(c3ccccc3)COc3ccccc32)cc1.